The lowest BCUT2D eigenvalue weighted by Gasteiger charge is -2.29. The van der Waals surface area contributed by atoms with Crippen molar-refractivity contribution in [2.75, 3.05) is 6.61 Å². The number of ether oxygens (including phenoxy) is 1. The first-order valence-electron chi connectivity index (χ1n) is 12.1. The third kappa shape index (κ3) is 4.58. The van der Waals surface area contributed by atoms with Gasteiger partial charge >= 0.3 is 0 Å². The minimum atomic E-state index is -0.543. The Morgan fingerprint density at radius 3 is 2.23 bits per heavy atom. The molecule has 0 saturated heterocycles. The first kappa shape index (κ1) is 22.1. The minimum Gasteiger partial charge on any atom is -0.490 e. The van der Waals surface area contributed by atoms with Crippen LogP contribution in [-0.2, 0) is 0 Å². The summed E-state index contributed by atoms with van der Waals surface area (Å²) in [6, 6.07) is 7.17. The fourth-order valence-electron chi connectivity index (χ4n) is 5.03. The highest BCUT2D eigenvalue weighted by molar-refractivity contribution is 6.05. The van der Waals surface area contributed by atoms with Gasteiger partial charge in [-0.3, -0.25) is 0 Å². The van der Waals surface area contributed by atoms with E-state index in [0.717, 1.165) is 37.2 Å². The number of furan rings is 1. The van der Waals surface area contributed by atoms with Gasteiger partial charge in [-0.2, -0.15) is 4.39 Å². The maximum absolute atomic E-state index is 15.5. The molecule has 0 unspecified atom stereocenters. The molecule has 0 N–H and O–H groups in total. The molecule has 4 rings (SSSR count). The molecule has 0 spiro atoms. The second-order valence-electron chi connectivity index (χ2n) is 9.12. The van der Waals surface area contributed by atoms with E-state index in [-0.39, 0.29) is 28.7 Å². The molecule has 1 heterocycles. The number of hydrogen-bond acceptors (Lipinski definition) is 2. The highest BCUT2D eigenvalue weighted by Gasteiger charge is 2.27. The number of halogens is 2. The molecule has 1 saturated carbocycles. The van der Waals surface area contributed by atoms with E-state index in [1.165, 1.54) is 38.5 Å². The number of rotatable bonds is 9. The van der Waals surface area contributed by atoms with Crippen molar-refractivity contribution in [1.29, 1.82) is 0 Å². The molecular weight excluding hydrogens is 394 g/mol. The van der Waals surface area contributed by atoms with E-state index in [0.29, 0.717) is 17.4 Å². The SMILES string of the molecule is CCCCCC1CCC(c2ccc3c(oc4c(F)c(OCCCC)ccc43)c2F)CC1. The molecule has 168 valence electrons. The first-order chi connectivity index (χ1) is 15.1. The Labute approximate surface area is 184 Å². The van der Waals surface area contributed by atoms with E-state index in [9.17, 15) is 4.39 Å². The Morgan fingerprint density at radius 2 is 1.52 bits per heavy atom. The lowest BCUT2D eigenvalue weighted by atomic mass is 9.77. The van der Waals surface area contributed by atoms with Gasteiger partial charge in [-0.15, -0.1) is 0 Å². The second-order valence-corrected chi connectivity index (χ2v) is 9.12. The molecule has 0 amide bonds. The minimum absolute atomic E-state index is 0.0830. The monoisotopic (exact) mass is 428 g/mol. The number of unbranched alkanes of at least 4 members (excludes halogenated alkanes) is 3. The van der Waals surface area contributed by atoms with E-state index in [1.807, 2.05) is 12.1 Å². The van der Waals surface area contributed by atoms with Gasteiger partial charge in [-0.05, 0) is 67.7 Å². The van der Waals surface area contributed by atoms with Gasteiger partial charge in [-0.1, -0.05) is 52.0 Å². The molecule has 0 atom stereocenters. The van der Waals surface area contributed by atoms with Crippen molar-refractivity contribution in [3.63, 3.8) is 0 Å². The van der Waals surface area contributed by atoms with Crippen molar-refractivity contribution >= 4 is 21.9 Å². The lowest BCUT2D eigenvalue weighted by molar-refractivity contribution is 0.294. The van der Waals surface area contributed by atoms with E-state index in [1.54, 1.807) is 12.1 Å². The molecule has 4 heteroatoms. The summed E-state index contributed by atoms with van der Waals surface area (Å²) < 4.78 is 41.7. The van der Waals surface area contributed by atoms with Crippen LogP contribution in [0, 0.1) is 17.6 Å². The lowest BCUT2D eigenvalue weighted by Crippen LogP contribution is -2.14. The molecule has 0 aliphatic heterocycles. The molecule has 31 heavy (non-hydrogen) atoms. The molecule has 1 aliphatic rings. The van der Waals surface area contributed by atoms with Gasteiger partial charge in [-0.25, -0.2) is 4.39 Å². The number of hydrogen-bond donors (Lipinski definition) is 0. The van der Waals surface area contributed by atoms with Gasteiger partial charge in [0.25, 0.3) is 0 Å². The van der Waals surface area contributed by atoms with Crippen molar-refractivity contribution < 1.29 is 17.9 Å². The van der Waals surface area contributed by atoms with Crippen molar-refractivity contribution in [2.45, 2.75) is 84.0 Å². The van der Waals surface area contributed by atoms with Crippen molar-refractivity contribution in [3.8, 4) is 5.75 Å². The Bertz CT molecular complexity index is 1020. The molecule has 3 aromatic rings. The molecule has 1 fully saturated rings. The standard InChI is InChI=1S/C27H34F2O2/c1-3-5-7-8-18-9-11-19(12-10-18)20-13-14-21-22-15-16-23(30-17-6-4-2)25(29)27(22)31-26(21)24(20)28/h13-16,18-19H,3-12,17H2,1-2H3. The molecule has 2 nitrogen and oxygen atoms in total. The third-order valence-corrected chi connectivity index (χ3v) is 6.94. The van der Waals surface area contributed by atoms with Crippen molar-refractivity contribution in [2.24, 2.45) is 5.92 Å². The van der Waals surface area contributed by atoms with E-state index in [2.05, 4.69) is 13.8 Å². The molecule has 2 aromatic carbocycles. The molecule has 0 bridgehead atoms. The van der Waals surface area contributed by atoms with Gasteiger partial charge in [0, 0.05) is 10.8 Å². The van der Waals surface area contributed by atoms with E-state index in [4.69, 9.17) is 9.15 Å². The predicted molar refractivity (Wildman–Crippen MR) is 123 cm³/mol. The zero-order valence-corrected chi connectivity index (χ0v) is 18.8. The van der Waals surface area contributed by atoms with Crippen LogP contribution in [0.15, 0.2) is 28.7 Å². The fourth-order valence-corrected chi connectivity index (χ4v) is 5.03. The third-order valence-electron chi connectivity index (χ3n) is 6.94. The van der Waals surface area contributed by atoms with Gasteiger partial charge in [0.05, 0.1) is 6.61 Å². The van der Waals surface area contributed by atoms with Gasteiger partial charge in [0.15, 0.2) is 22.7 Å². The first-order valence-corrected chi connectivity index (χ1v) is 12.1. The zero-order chi connectivity index (χ0) is 21.8. The van der Waals surface area contributed by atoms with Crippen LogP contribution in [0.3, 0.4) is 0 Å². The Hall–Kier alpha value is -2.10. The molecule has 1 aromatic heterocycles. The summed E-state index contributed by atoms with van der Waals surface area (Å²) in [4.78, 5) is 0. The number of benzene rings is 2. The van der Waals surface area contributed by atoms with Crippen LogP contribution in [-0.4, -0.2) is 6.61 Å². The van der Waals surface area contributed by atoms with Crippen LogP contribution < -0.4 is 4.74 Å². The molecule has 1 aliphatic carbocycles. The summed E-state index contributed by atoms with van der Waals surface area (Å²) in [5, 5.41) is 1.23. The quantitative estimate of drug-likeness (QED) is 0.317. The van der Waals surface area contributed by atoms with Crippen molar-refractivity contribution in [3.05, 3.63) is 41.5 Å². The summed E-state index contributed by atoms with van der Waals surface area (Å²) in [6.45, 7) is 4.75. The molecular formula is C27H34F2O2. The average molecular weight is 429 g/mol. The van der Waals surface area contributed by atoms with Crippen molar-refractivity contribution in [1.82, 2.24) is 0 Å². The van der Waals surface area contributed by atoms with Gasteiger partial charge < -0.3 is 9.15 Å². The van der Waals surface area contributed by atoms with E-state index < -0.39 is 5.82 Å². The van der Waals surface area contributed by atoms with E-state index >= 15 is 4.39 Å². The summed E-state index contributed by atoms with van der Waals surface area (Å²) in [6.07, 6.45) is 11.4. The summed E-state index contributed by atoms with van der Waals surface area (Å²) in [7, 11) is 0. The van der Waals surface area contributed by atoms with Gasteiger partial charge in [0.2, 0.25) is 5.82 Å². The predicted octanol–water partition coefficient (Wildman–Crippen LogP) is 8.90. The van der Waals surface area contributed by atoms with Gasteiger partial charge in [0.1, 0.15) is 0 Å². The largest absolute Gasteiger partial charge is 0.490 e. The maximum atomic E-state index is 15.5. The average Bonchev–Trinajstić information content (AvgIpc) is 3.17. The summed E-state index contributed by atoms with van der Waals surface area (Å²) >= 11 is 0. The van der Waals surface area contributed by atoms with Crippen LogP contribution in [0.4, 0.5) is 8.78 Å². The smallest absolute Gasteiger partial charge is 0.208 e. The summed E-state index contributed by atoms with van der Waals surface area (Å²) in [5.74, 6) is 0.301. The molecule has 0 radical (unpaired) electrons. The topological polar surface area (TPSA) is 22.4 Å². The van der Waals surface area contributed by atoms with Crippen LogP contribution in [0.5, 0.6) is 5.75 Å². The van der Waals surface area contributed by atoms with Crippen LogP contribution >= 0.6 is 0 Å². The normalized spacial score (nSPS) is 19.4. The number of fused-ring (bicyclic) bond motifs is 3. The Balaban J connectivity index is 1.56. The zero-order valence-electron chi connectivity index (χ0n) is 18.8. The fraction of sp³-hybridized carbons (Fsp3) is 0.556. The highest BCUT2D eigenvalue weighted by atomic mass is 19.1. The second kappa shape index (κ2) is 10.0. The summed E-state index contributed by atoms with van der Waals surface area (Å²) in [5.41, 5.74) is 0.972. The van der Waals surface area contributed by atoms with Crippen LogP contribution in [0.2, 0.25) is 0 Å². The maximum Gasteiger partial charge on any atom is 0.208 e. The highest BCUT2D eigenvalue weighted by Crippen LogP contribution is 2.42. The Morgan fingerprint density at radius 1 is 0.839 bits per heavy atom. The van der Waals surface area contributed by atoms with Crippen LogP contribution in [0.25, 0.3) is 21.9 Å². The van der Waals surface area contributed by atoms with Crippen LogP contribution in [0.1, 0.15) is 89.5 Å². The Kier molecular flexibility index (Phi) is 7.14.